The lowest BCUT2D eigenvalue weighted by Gasteiger charge is -2.27. The van der Waals surface area contributed by atoms with Crippen molar-refractivity contribution in [3.05, 3.63) is 47.4 Å². The molecule has 9 nitrogen and oxygen atoms in total. The number of benzene rings is 1. The summed E-state index contributed by atoms with van der Waals surface area (Å²) < 4.78 is 21.3. The first kappa shape index (κ1) is 17.7. The number of ether oxygens (including phenoxy) is 1. The van der Waals surface area contributed by atoms with Crippen molar-refractivity contribution in [3.8, 4) is 5.75 Å². The lowest BCUT2D eigenvalue weighted by atomic mass is 10.0. The number of nitrogens with zero attached hydrogens (tertiary/aromatic N) is 4. The third kappa shape index (κ3) is 2.92. The standard InChI is InChI=1S/C19H19FN6O3/c20-10-1-2-14-12(7-10)13-8-11(27)9-25(13)15-3-5-26-18(23-15)16(17(21)24-26)19(28)22-4-6-29-14/h1-3,5,7,11,13,27H,4,6,8-9H2,(H2,21,24)(H,22,28). The van der Waals surface area contributed by atoms with E-state index in [0.29, 0.717) is 35.7 Å². The van der Waals surface area contributed by atoms with Crippen molar-refractivity contribution in [2.45, 2.75) is 18.6 Å². The zero-order valence-corrected chi connectivity index (χ0v) is 15.4. The van der Waals surface area contributed by atoms with E-state index in [4.69, 9.17) is 10.5 Å². The Morgan fingerprint density at radius 3 is 3.07 bits per heavy atom. The van der Waals surface area contributed by atoms with Crippen LogP contribution in [0.5, 0.6) is 5.75 Å². The maximum atomic E-state index is 14.1. The van der Waals surface area contributed by atoms with E-state index in [9.17, 15) is 14.3 Å². The van der Waals surface area contributed by atoms with Gasteiger partial charge in [-0.1, -0.05) is 0 Å². The van der Waals surface area contributed by atoms with Crippen molar-refractivity contribution in [2.24, 2.45) is 0 Å². The molecule has 3 aromatic rings. The highest BCUT2D eigenvalue weighted by molar-refractivity contribution is 6.04. The number of nitrogens with one attached hydrogen (secondary N) is 1. The van der Waals surface area contributed by atoms with Gasteiger partial charge in [0.15, 0.2) is 11.5 Å². The molecule has 0 saturated carbocycles. The van der Waals surface area contributed by atoms with Crippen LogP contribution in [-0.2, 0) is 0 Å². The van der Waals surface area contributed by atoms with Gasteiger partial charge in [0.25, 0.3) is 5.91 Å². The van der Waals surface area contributed by atoms with Crippen molar-refractivity contribution >= 4 is 23.2 Å². The molecule has 2 bridgehead atoms. The molecule has 1 fully saturated rings. The number of fused-ring (bicyclic) bond motifs is 5. The largest absolute Gasteiger partial charge is 0.491 e. The third-order valence-corrected chi connectivity index (χ3v) is 5.27. The van der Waals surface area contributed by atoms with Gasteiger partial charge in [-0.25, -0.2) is 13.9 Å². The number of aliphatic hydroxyl groups excluding tert-OH is 1. The van der Waals surface area contributed by atoms with E-state index in [0.717, 1.165) is 0 Å². The SMILES string of the molecule is Nc1nn2ccc3nc2c1C(=O)NCCOc1ccc(F)cc1C1CC(O)CN31. The molecular weight excluding hydrogens is 379 g/mol. The van der Waals surface area contributed by atoms with Gasteiger partial charge in [0, 0.05) is 18.3 Å². The maximum absolute atomic E-state index is 14.1. The van der Waals surface area contributed by atoms with Crippen molar-refractivity contribution in [1.82, 2.24) is 19.9 Å². The van der Waals surface area contributed by atoms with E-state index in [-0.39, 0.29) is 36.4 Å². The smallest absolute Gasteiger partial charge is 0.259 e. The van der Waals surface area contributed by atoms with Gasteiger partial charge in [-0.15, -0.1) is 5.10 Å². The van der Waals surface area contributed by atoms with Crippen LogP contribution in [0.2, 0.25) is 0 Å². The number of carbonyl (C=O) groups is 1. The molecule has 150 valence electrons. The van der Waals surface area contributed by atoms with Gasteiger partial charge < -0.3 is 25.8 Å². The zero-order valence-electron chi connectivity index (χ0n) is 15.4. The summed E-state index contributed by atoms with van der Waals surface area (Å²) in [4.78, 5) is 19.1. The third-order valence-electron chi connectivity index (χ3n) is 5.27. The molecule has 4 heterocycles. The number of hydrogen-bond donors (Lipinski definition) is 3. The lowest BCUT2D eigenvalue weighted by Crippen LogP contribution is -2.28. The monoisotopic (exact) mass is 398 g/mol. The fourth-order valence-electron chi connectivity index (χ4n) is 4.00. The first-order valence-electron chi connectivity index (χ1n) is 9.31. The molecule has 4 N–H and O–H groups in total. The summed E-state index contributed by atoms with van der Waals surface area (Å²) in [5.74, 6) is 0.323. The second kappa shape index (κ2) is 6.59. The Kier molecular flexibility index (Phi) is 4.02. The molecule has 5 rings (SSSR count). The summed E-state index contributed by atoms with van der Waals surface area (Å²) in [6, 6.07) is 5.71. The molecule has 29 heavy (non-hydrogen) atoms. The van der Waals surface area contributed by atoms with Crippen LogP contribution in [0.25, 0.3) is 5.65 Å². The molecule has 2 aliphatic rings. The van der Waals surface area contributed by atoms with Crippen molar-refractivity contribution in [1.29, 1.82) is 0 Å². The highest BCUT2D eigenvalue weighted by Gasteiger charge is 2.35. The van der Waals surface area contributed by atoms with E-state index in [2.05, 4.69) is 15.4 Å². The zero-order chi connectivity index (χ0) is 20.1. The van der Waals surface area contributed by atoms with Gasteiger partial charge in [-0.2, -0.15) is 0 Å². The van der Waals surface area contributed by atoms with Gasteiger partial charge in [-0.05, 0) is 30.7 Å². The highest BCUT2D eigenvalue weighted by atomic mass is 19.1. The minimum atomic E-state index is -0.611. The fourth-order valence-corrected chi connectivity index (χ4v) is 4.00. The van der Waals surface area contributed by atoms with E-state index >= 15 is 0 Å². The molecule has 0 spiro atoms. The summed E-state index contributed by atoms with van der Waals surface area (Å²) in [5, 5.41) is 17.2. The van der Waals surface area contributed by atoms with E-state index < -0.39 is 12.0 Å². The van der Waals surface area contributed by atoms with Crippen LogP contribution in [0, 0.1) is 5.82 Å². The number of halogens is 1. The molecule has 2 unspecified atom stereocenters. The normalized spacial score (nSPS) is 21.6. The number of anilines is 2. The molecule has 2 aliphatic heterocycles. The number of nitrogen functional groups attached to an aromatic ring is 1. The summed E-state index contributed by atoms with van der Waals surface area (Å²) in [5.41, 5.74) is 7.08. The molecule has 0 radical (unpaired) electrons. The summed E-state index contributed by atoms with van der Waals surface area (Å²) in [6.07, 6.45) is 1.45. The van der Waals surface area contributed by atoms with Gasteiger partial charge >= 0.3 is 0 Å². The second-order valence-electron chi connectivity index (χ2n) is 7.16. The number of rotatable bonds is 0. The Morgan fingerprint density at radius 2 is 2.21 bits per heavy atom. The molecule has 1 saturated heterocycles. The van der Waals surface area contributed by atoms with Crippen molar-refractivity contribution in [2.75, 3.05) is 30.3 Å². The van der Waals surface area contributed by atoms with E-state index in [1.807, 2.05) is 4.90 Å². The number of hydrogen-bond acceptors (Lipinski definition) is 7. The van der Waals surface area contributed by atoms with Crippen LogP contribution in [0.1, 0.15) is 28.4 Å². The second-order valence-corrected chi connectivity index (χ2v) is 7.16. The van der Waals surface area contributed by atoms with Gasteiger partial charge in [0.05, 0.1) is 18.7 Å². The summed E-state index contributed by atoms with van der Waals surface area (Å²) >= 11 is 0. The fraction of sp³-hybridized carbons (Fsp3) is 0.316. The van der Waals surface area contributed by atoms with Crippen molar-refractivity contribution < 1.29 is 19.0 Å². The Morgan fingerprint density at radius 1 is 1.34 bits per heavy atom. The number of aromatic nitrogens is 3. The minimum absolute atomic E-state index is 0.0753. The Balaban J connectivity index is 1.70. The topological polar surface area (TPSA) is 118 Å². The average molecular weight is 398 g/mol. The highest BCUT2D eigenvalue weighted by Crippen LogP contribution is 2.40. The molecule has 10 heteroatoms. The first-order chi connectivity index (χ1) is 14.0. The van der Waals surface area contributed by atoms with E-state index in [1.54, 1.807) is 18.3 Å². The average Bonchev–Trinajstić information content (AvgIpc) is 3.23. The molecule has 1 aromatic carbocycles. The van der Waals surface area contributed by atoms with Crippen LogP contribution in [0.3, 0.4) is 0 Å². The summed E-state index contributed by atoms with van der Waals surface area (Å²) in [6.45, 7) is 0.729. The number of carbonyl (C=O) groups excluding carboxylic acids is 1. The van der Waals surface area contributed by atoms with Gasteiger partial charge in [0.1, 0.15) is 29.6 Å². The van der Waals surface area contributed by atoms with Gasteiger partial charge in [-0.3, -0.25) is 4.79 Å². The number of nitrogens with two attached hydrogens (primary N) is 1. The predicted molar refractivity (Wildman–Crippen MR) is 102 cm³/mol. The number of amides is 1. The van der Waals surface area contributed by atoms with Crippen molar-refractivity contribution in [3.63, 3.8) is 0 Å². The molecule has 1 amide bonds. The molecular formula is C19H19FN6O3. The van der Waals surface area contributed by atoms with Crippen LogP contribution < -0.4 is 20.7 Å². The first-order valence-corrected chi connectivity index (χ1v) is 9.31. The maximum Gasteiger partial charge on any atom is 0.259 e. The van der Waals surface area contributed by atoms with Crippen LogP contribution in [-0.4, -0.2) is 51.4 Å². The Hall–Kier alpha value is -3.40. The molecule has 2 aromatic heterocycles. The predicted octanol–water partition coefficient (Wildman–Crippen LogP) is 0.885. The number of aliphatic hydroxyl groups is 1. The van der Waals surface area contributed by atoms with Crippen LogP contribution in [0.4, 0.5) is 16.0 Å². The Bertz CT molecular complexity index is 1120. The minimum Gasteiger partial charge on any atom is -0.491 e. The van der Waals surface area contributed by atoms with Crippen LogP contribution in [0.15, 0.2) is 30.5 Å². The Labute approximate surface area is 164 Å². The van der Waals surface area contributed by atoms with Gasteiger partial charge in [0.2, 0.25) is 0 Å². The summed E-state index contributed by atoms with van der Waals surface area (Å²) in [7, 11) is 0. The molecule has 2 atom stereocenters. The quantitative estimate of drug-likeness (QED) is 0.515. The lowest BCUT2D eigenvalue weighted by molar-refractivity contribution is 0.0949. The van der Waals surface area contributed by atoms with E-state index in [1.165, 1.54) is 16.6 Å². The van der Waals surface area contributed by atoms with Crippen LogP contribution >= 0.6 is 0 Å². The molecule has 0 aliphatic carbocycles.